The SMILES string of the molecule is [CH3][Ge]([CH3])=[Zr+2]([C]1=CC(c2ccccc2)=CC1)[C]1=CC(c2ccccc2)=CC1.[Cl-].[Cl-]. The molecule has 0 bridgehead atoms. The number of halogens is 2. The minimum absolute atomic E-state index is 0. The Labute approximate surface area is 190 Å². The van der Waals surface area contributed by atoms with Crippen molar-refractivity contribution in [1.29, 1.82) is 0 Å². The molecule has 4 rings (SSSR count). The predicted octanol–water partition coefficient (Wildman–Crippen LogP) is 0.606. The summed E-state index contributed by atoms with van der Waals surface area (Å²) < 4.78 is 3.67. The van der Waals surface area contributed by atoms with Crippen LogP contribution in [0.2, 0.25) is 11.5 Å². The Hall–Kier alpha value is -0.594. The molecule has 0 amide bonds. The molecule has 0 heterocycles. The summed E-state index contributed by atoms with van der Waals surface area (Å²) in [6.07, 6.45) is 12.5. The van der Waals surface area contributed by atoms with Crippen LogP contribution in [0.25, 0.3) is 11.1 Å². The van der Waals surface area contributed by atoms with Crippen LogP contribution >= 0.6 is 0 Å². The van der Waals surface area contributed by atoms with E-state index in [9.17, 15) is 0 Å². The normalized spacial score (nSPS) is 14.5. The van der Waals surface area contributed by atoms with Gasteiger partial charge in [-0.3, -0.25) is 0 Å². The van der Waals surface area contributed by atoms with Gasteiger partial charge in [0.2, 0.25) is 0 Å². The molecule has 0 N–H and O–H groups in total. The van der Waals surface area contributed by atoms with Gasteiger partial charge in [-0.1, -0.05) is 0 Å². The molecule has 2 aromatic rings. The quantitative estimate of drug-likeness (QED) is 0.493. The topological polar surface area (TPSA) is 0 Å². The van der Waals surface area contributed by atoms with Crippen LogP contribution in [0.4, 0.5) is 0 Å². The molecular formula is C24H24Cl2GeZr. The van der Waals surface area contributed by atoms with Crippen molar-refractivity contribution >= 4 is 21.1 Å². The van der Waals surface area contributed by atoms with Gasteiger partial charge in [0, 0.05) is 0 Å². The molecule has 2 aliphatic carbocycles. The maximum absolute atomic E-state index is 2.61. The summed E-state index contributed by atoms with van der Waals surface area (Å²) in [5.74, 6) is 5.22. The van der Waals surface area contributed by atoms with E-state index in [1.165, 1.54) is 35.1 Å². The number of hydrogen-bond donors (Lipinski definition) is 0. The van der Waals surface area contributed by atoms with Crippen molar-refractivity contribution in [1.82, 2.24) is 0 Å². The Balaban J connectivity index is 0.00000140. The summed E-state index contributed by atoms with van der Waals surface area (Å²) in [5, 5.41) is 0. The molecule has 2 aromatic carbocycles. The van der Waals surface area contributed by atoms with Gasteiger partial charge in [-0.05, 0) is 0 Å². The van der Waals surface area contributed by atoms with E-state index in [-0.39, 0.29) is 24.8 Å². The molecule has 0 spiro atoms. The average Bonchev–Trinajstić information content (AvgIpc) is 3.34. The molecule has 0 nitrogen and oxygen atoms in total. The number of hydrogen-bond acceptors (Lipinski definition) is 0. The molecule has 0 aromatic heterocycles. The Morgan fingerprint density at radius 3 is 1.39 bits per heavy atom. The average molecular weight is 547 g/mol. The Morgan fingerprint density at radius 1 is 0.643 bits per heavy atom. The van der Waals surface area contributed by atoms with Crippen LogP contribution in [0.15, 0.2) is 91.5 Å². The van der Waals surface area contributed by atoms with Gasteiger partial charge in [0.1, 0.15) is 0 Å². The smallest absolute Gasteiger partial charge is 1.00 e. The summed E-state index contributed by atoms with van der Waals surface area (Å²) in [5.41, 5.74) is 5.66. The van der Waals surface area contributed by atoms with Crippen molar-refractivity contribution in [2.24, 2.45) is 0 Å². The second kappa shape index (κ2) is 11.0. The van der Waals surface area contributed by atoms with Gasteiger partial charge < -0.3 is 24.8 Å². The largest absolute Gasteiger partial charge is 1.00 e. The van der Waals surface area contributed by atoms with Gasteiger partial charge in [-0.15, -0.1) is 0 Å². The zero-order valence-electron chi connectivity index (χ0n) is 16.3. The first kappa shape index (κ1) is 23.7. The van der Waals surface area contributed by atoms with Crippen LogP contribution in [-0.2, 0) is 18.6 Å². The fraction of sp³-hybridized carbons (Fsp3) is 0.167. The Bertz CT molecular complexity index is 904. The van der Waals surface area contributed by atoms with Crippen molar-refractivity contribution in [3.05, 3.63) is 103 Å². The van der Waals surface area contributed by atoms with Crippen molar-refractivity contribution in [3.8, 4) is 0 Å². The van der Waals surface area contributed by atoms with E-state index in [0.717, 1.165) is 0 Å². The molecular weight excluding hydrogens is 523 g/mol. The minimum atomic E-state index is -1.64. The maximum atomic E-state index is 2.61. The Kier molecular flexibility index (Phi) is 9.28. The summed E-state index contributed by atoms with van der Waals surface area (Å²) in [4.78, 5) is 0. The molecule has 2 aliphatic rings. The van der Waals surface area contributed by atoms with Crippen LogP contribution in [0.3, 0.4) is 0 Å². The summed E-state index contributed by atoms with van der Waals surface area (Å²) >= 11 is -1.64. The Morgan fingerprint density at radius 2 is 1.04 bits per heavy atom. The molecule has 4 heteroatoms. The van der Waals surface area contributed by atoms with E-state index in [1.54, 1.807) is 0 Å². The van der Waals surface area contributed by atoms with Crippen LogP contribution in [-0.4, -0.2) is 9.98 Å². The van der Waals surface area contributed by atoms with Crippen LogP contribution < -0.4 is 24.8 Å². The summed E-state index contributed by atoms with van der Waals surface area (Å²) in [6.45, 7) is 0. The third-order valence-corrected chi connectivity index (χ3v) is 32.8. The van der Waals surface area contributed by atoms with Crippen molar-refractivity contribution < 1.29 is 43.4 Å². The minimum Gasteiger partial charge on any atom is -1.00 e. The van der Waals surface area contributed by atoms with E-state index in [1.807, 2.05) is 6.56 Å². The monoisotopic (exact) mass is 546 g/mol. The van der Waals surface area contributed by atoms with Gasteiger partial charge in [-0.25, -0.2) is 0 Å². The molecule has 28 heavy (non-hydrogen) atoms. The first-order valence-electron chi connectivity index (χ1n) is 9.33. The molecule has 0 unspecified atom stereocenters. The van der Waals surface area contributed by atoms with Gasteiger partial charge in [0.15, 0.2) is 0 Å². The van der Waals surface area contributed by atoms with Gasteiger partial charge >= 0.3 is 167 Å². The van der Waals surface area contributed by atoms with Crippen LogP contribution in [0, 0.1) is 0 Å². The predicted molar refractivity (Wildman–Crippen MR) is 112 cm³/mol. The van der Waals surface area contributed by atoms with Gasteiger partial charge in [0.05, 0.1) is 0 Å². The number of rotatable bonds is 4. The third kappa shape index (κ3) is 5.31. The zero-order valence-corrected chi connectivity index (χ0v) is 22.3. The molecule has 0 aliphatic heterocycles. The fourth-order valence-corrected chi connectivity index (χ4v) is 31.3. The molecule has 142 valence electrons. The second-order valence-corrected chi connectivity index (χ2v) is 35.3. The molecule has 0 radical (unpaired) electrons. The van der Waals surface area contributed by atoms with E-state index >= 15 is 0 Å². The van der Waals surface area contributed by atoms with E-state index < -0.39 is 28.6 Å². The van der Waals surface area contributed by atoms with E-state index in [0.29, 0.717) is 0 Å². The fourth-order valence-electron chi connectivity index (χ4n) is 3.91. The molecule has 0 atom stereocenters. The first-order chi connectivity index (χ1) is 12.7. The van der Waals surface area contributed by atoms with E-state index in [2.05, 4.69) is 96.5 Å². The van der Waals surface area contributed by atoms with E-state index in [4.69, 9.17) is 0 Å². The third-order valence-electron chi connectivity index (χ3n) is 5.10. The molecule has 0 fully saturated rings. The summed E-state index contributed by atoms with van der Waals surface area (Å²) in [7, 11) is -0.930. The standard InChI is InChI=1S/2C11H9.C2H6Ge.2ClH.Zr/c2*1-2-6-10(7-3-1)11-8-4-5-9-11;1-3-2;;;/h2*1-3,6-9H,4H2;1-2H3;2*1H;/q;;;;;+2/p-2. The second-order valence-electron chi connectivity index (χ2n) is 7.17. The summed E-state index contributed by atoms with van der Waals surface area (Å²) in [6, 6.07) is 21.8. The molecule has 0 saturated heterocycles. The van der Waals surface area contributed by atoms with Gasteiger partial charge in [0.25, 0.3) is 0 Å². The van der Waals surface area contributed by atoms with Gasteiger partial charge in [-0.2, -0.15) is 0 Å². The zero-order chi connectivity index (χ0) is 17.9. The number of benzene rings is 2. The van der Waals surface area contributed by atoms with Crippen molar-refractivity contribution in [2.45, 2.75) is 24.4 Å². The van der Waals surface area contributed by atoms with Crippen molar-refractivity contribution in [3.63, 3.8) is 0 Å². The van der Waals surface area contributed by atoms with Crippen LogP contribution in [0.1, 0.15) is 24.0 Å². The maximum Gasteiger partial charge on any atom is -1.00 e. The van der Waals surface area contributed by atoms with Crippen LogP contribution in [0.5, 0.6) is 0 Å². The van der Waals surface area contributed by atoms with Crippen molar-refractivity contribution in [2.75, 3.05) is 0 Å². The molecule has 0 saturated carbocycles. The number of allylic oxidation sites excluding steroid dienone is 8. The first-order valence-corrected chi connectivity index (χ1v) is 23.4.